The third-order valence-electron chi connectivity index (χ3n) is 5.65. The number of aryl methyl sites for hydroxylation is 3. The molecule has 32 heavy (non-hydrogen) atoms. The highest BCUT2D eigenvalue weighted by Gasteiger charge is 2.22. The number of hydrogen-bond acceptors (Lipinski definition) is 5. The molecular formula is C23H28N6O3. The van der Waals surface area contributed by atoms with E-state index < -0.39 is 0 Å². The molecule has 1 aromatic carbocycles. The molecule has 0 N–H and O–H groups in total. The first-order valence-corrected chi connectivity index (χ1v) is 10.7. The Morgan fingerprint density at radius 3 is 2.38 bits per heavy atom. The van der Waals surface area contributed by atoms with E-state index in [4.69, 9.17) is 9.72 Å². The number of imidazole rings is 1. The number of aromatic nitrogens is 6. The minimum absolute atomic E-state index is 0.328. The van der Waals surface area contributed by atoms with Crippen molar-refractivity contribution in [1.82, 2.24) is 28.5 Å². The molecule has 168 valence electrons. The highest BCUT2D eigenvalue weighted by atomic mass is 16.5. The number of nitrogens with zero attached hydrogens (tertiary/aromatic N) is 6. The summed E-state index contributed by atoms with van der Waals surface area (Å²) in [5, 5.41) is 4.58. The Hall–Kier alpha value is -3.62. The summed E-state index contributed by atoms with van der Waals surface area (Å²) >= 11 is 0. The molecule has 0 aliphatic rings. The first-order chi connectivity index (χ1) is 15.3. The van der Waals surface area contributed by atoms with Crippen molar-refractivity contribution in [2.45, 2.75) is 46.7 Å². The summed E-state index contributed by atoms with van der Waals surface area (Å²) in [5.74, 6) is 1.26. The second kappa shape index (κ2) is 8.49. The summed E-state index contributed by atoms with van der Waals surface area (Å²) in [5.41, 5.74) is 2.77. The van der Waals surface area contributed by atoms with Gasteiger partial charge >= 0.3 is 5.69 Å². The maximum atomic E-state index is 13.5. The van der Waals surface area contributed by atoms with Crippen LogP contribution in [0.3, 0.4) is 0 Å². The van der Waals surface area contributed by atoms with Crippen LogP contribution in [0.4, 0.5) is 0 Å². The van der Waals surface area contributed by atoms with Crippen LogP contribution >= 0.6 is 0 Å². The summed E-state index contributed by atoms with van der Waals surface area (Å²) < 4.78 is 11.6. The number of rotatable bonds is 7. The molecule has 0 saturated carbocycles. The van der Waals surface area contributed by atoms with Gasteiger partial charge in [-0.15, -0.1) is 0 Å². The van der Waals surface area contributed by atoms with Crippen molar-refractivity contribution in [1.29, 1.82) is 0 Å². The van der Waals surface area contributed by atoms with Crippen molar-refractivity contribution < 1.29 is 4.74 Å². The fourth-order valence-corrected chi connectivity index (χ4v) is 3.93. The van der Waals surface area contributed by atoms with Gasteiger partial charge in [-0.2, -0.15) is 10.1 Å². The highest BCUT2D eigenvalue weighted by molar-refractivity contribution is 5.73. The molecule has 3 heterocycles. The summed E-state index contributed by atoms with van der Waals surface area (Å²) in [6, 6.07) is 9.62. The number of fused-ring (bicyclic) bond motifs is 1. The van der Waals surface area contributed by atoms with Crippen LogP contribution in [0.2, 0.25) is 0 Å². The first kappa shape index (κ1) is 21.6. The van der Waals surface area contributed by atoms with E-state index in [1.54, 1.807) is 18.8 Å². The number of ether oxygens (including phenoxy) is 1. The van der Waals surface area contributed by atoms with Gasteiger partial charge in [-0.1, -0.05) is 25.5 Å². The fourth-order valence-electron chi connectivity index (χ4n) is 3.93. The largest absolute Gasteiger partial charge is 0.497 e. The minimum atomic E-state index is -0.357. The fraction of sp³-hybridized carbons (Fsp3) is 0.391. The molecule has 9 nitrogen and oxygen atoms in total. The maximum absolute atomic E-state index is 13.5. The van der Waals surface area contributed by atoms with E-state index in [-0.39, 0.29) is 11.2 Å². The van der Waals surface area contributed by atoms with Crippen LogP contribution in [0.5, 0.6) is 5.75 Å². The molecule has 9 heteroatoms. The number of benzene rings is 1. The third-order valence-corrected chi connectivity index (χ3v) is 5.65. The summed E-state index contributed by atoms with van der Waals surface area (Å²) in [6.45, 7) is 6.66. The monoisotopic (exact) mass is 436 g/mol. The maximum Gasteiger partial charge on any atom is 0.332 e. The highest BCUT2D eigenvalue weighted by Crippen LogP contribution is 2.20. The molecule has 0 aliphatic heterocycles. The molecule has 3 aromatic heterocycles. The molecule has 0 amide bonds. The normalized spacial score (nSPS) is 11.4. The zero-order valence-corrected chi connectivity index (χ0v) is 19.1. The van der Waals surface area contributed by atoms with Crippen molar-refractivity contribution in [2.75, 3.05) is 7.11 Å². The topological polar surface area (TPSA) is 88.9 Å². The Labute approximate surface area is 185 Å². The average molecular weight is 437 g/mol. The van der Waals surface area contributed by atoms with Gasteiger partial charge in [-0.3, -0.25) is 18.5 Å². The van der Waals surface area contributed by atoms with Crippen molar-refractivity contribution in [3.05, 3.63) is 68.1 Å². The Morgan fingerprint density at radius 2 is 1.78 bits per heavy atom. The van der Waals surface area contributed by atoms with Gasteiger partial charge in [0.2, 0.25) is 5.95 Å². The van der Waals surface area contributed by atoms with Crippen molar-refractivity contribution in [3.63, 3.8) is 0 Å². The third kappa shape index (κ3) is 3.63. The van der Waals surface area contributed by atoms with Gasteiger partial charge in [0.25, 0.3) is 5.56 Å². The van der Waals surface area contributed by atoms with Gasteiger partial charge < -0.3 is 4.74 Å². The van der Waals surface area contributed by atoms with E-state index in [9.17, 15) is 9.59 Å². The molecule has 0 aliphatic carbocycles. The van der Waals surface area contributed by atoms with Gasteiger partial charge in [-0.05, 0) is 44.0 Å². The van der Waals surface area contributed by atoms with Gasteiger partial charge in [0, 0.05) is 19.3 Å². The van der Waals surface area contributed by atoms with E-state index in [1.165, 1.54) is 9.13 Å². The molecule has 0 atom stereocenters. The number of hydrogen-bond donors (Lipinski definition) is 0. The zero-order chi connectivity index (χ0) is 23.0. The Kier molecular flexibility index (Phi) is 5.73. The molecule has 0 bridgehead atoms. The van der Waals surface area contributed by atoms with Crippen molar-refractivity contribution in [2.24, 2.45) is 7.05 Å². The molecule has 4 aromatic rings. The molecule has 0 radical (unpaired) electrons. The summed E-state index contributed by atoms with van der Waals surface area (Å²) in [4.78, 5) is 31.1. The second-order valence-electron chi connectivity index (χ2n) is 8.01. The number of methoxy groups -OCH3 is 1. The lowest BCUT2D eigenvalue weighted by Crippen LogP contribution is -2.39. The van der Waals surface area contributed by atoms with Crippen molar-refractivity contribution in [3.8, 4) is 11.7 Å². The lowest BCUT2D eigenvalue weighted by Gasteiger charge is -2.12. The van der Waals surface area contributed by atoms with Crippen LogP contribution < -0.4 is 16.0 Å². The molecule has 0 spiro atoms. The Morgan fingerprint density at radius 1 is 1.06 bits per heavy atom. The first-order valence-electron chi connectivity index (χ1n) is 10.7. The Balaban J connectivity index is 2.01. The van der Waals surface area contributed by atoms with E-state index >= 15 is 0 Å². The predicted molar refractivity (Wildman–Crippen MR) is 123 cm³/mol. The predicted octanol–water partition coefficient (Wildman–Crippen LogP) is 2.56. The molecular weight excluding hydrogens is 408 g/mol. The van der Waals surface area contributed by atoms with Crippen molar-refractivity contribution >= 4 is 11.2 Å². The van der Waals surface area contributed by atoms with E-state index in [0.717, 1.165) is 35.5 Å². The molecule has 0 saturated heterocycles. The van der Waals surface area contributed by atoms with E-state index in [1.807, 2.05) is 55.7 Å². The number of unbranched alkanes of at least 4 members (excludes halogenated alkanes) is 1. The van der Waals surface area contributed by atoms with Gasteiger partial charge in [0.1, 0.15) is 5.75 Å². The van der Waals surface area contributed by atoms with Crippen LogP contribution in [0.25, 0.3) is 17.1 Å². The van der Waals surface area contributed by atoms with Gasteiger partial charge in [0.15, 0.2) is 11.2 Å². The van der Waals surface area contributed by atoms with Gasteiger partial charge in [0.05, 0.1) is 19.3 Å². The van der Waals surface area contributed by atoms with Gasteiger partial charge in [-0.25, -0.2) is 9.48 Å². The SMILES string of the molecule is CCCCn1c(=O)c2c(nc(-n3nc(C)cc3C)n2Cc2ccc(OC)cc2)n(C)c1=O. The van der Waals surface area contributed by atoms with Crippen LogP contribution in [0.1, 0.15) is 36.7 Å². The zero-order valence-electron chi connectivity index (χ0n) is 19.1. The van der Waals surface area contributed by atoms with Crippen LogP contribution in [-0.2, 0) is 20.1 Å². The molecule has 4 rings (SSSR count). The summed E-state index contributed by atoms with van der Waals surface area (Å²) in [6.07, 6.45) is 1.63. The van der Waals surface area contributed by atoms with E-state index in [0.29, 0.717) is 30.2 Å². The summed E-state index contributed by atoms with van der Waals surface area (Å²) in [7, 11) is 3.28. The second-order valence-corrected chi connectivity index (χ2v) is 8.01. The molecule has 0 unspecified atom stereocenters. The lowest BCUT2D eigenvalue weighted by molar-refractivity contribution is 0.414. The Bertz CT molecular complexity index is 1390. The minimum Gasteiger partial charge on any atom is -0.497 e. The van der Waals surface area contributed by atoms with Crippen LogP contribution in [0, 0.1) is 13.8 Å². The average Bonchev–Trinajstić information content (AvgIpc) is 3.32. The standard InChI is InChI=1S/C23H28N6O3/c1-6-7-12-27-21(30)19-20(26(4)23(27)31)24-22(29-16(3)13-15(2)25-29)28(19)14-17-8-10-18(32-5)11-9-17/h8-11,13H,6-7,12,14H2,1-5H3. The smallest absolute Gasteiger partial charge is 0.332 e. The van der Waals surface area contributed by atoms with Crippen LogP contribution in [0.15, 0.2) is 39.9 Å². The lowest BCUT2D eigenvalue weighted by atomic mass is 10.2. The quantitative estimate of drug-likeness (QED) is 0.444. The van der Waals surface area contributed by atoms with Crippen LogP contribution in [-0.4, -0.2) is 35.6 Å². The van der Waals surface area contributed by atoms with E-state index in [2.05, 4.69) is 5.10 Å². The molecule has 0 fully saturated rings.